The van der Waals surface area contributed by atoms with E-state index in [1.54, 1.807) is 19.1 Å². The minimum absolute atomic E-state index is 0.250. The van der Waals surface area contributed by atoms with E-state index in [1.807, 2.05) is 53.2 Å². The number of nitrogens with zero attached hydrogens (tertiary/aromatic N) is 1. The van der Waals surface area contributed by atoms with Crippen molar-refractivity contribution in [2.45, 2.75) is 26.0 Å². The van der Waals surface area contributed by atoms with E-state index in [4.69, 9.17) is 4.74 Å². The second-order valence-corrected chi connectivity index (χ2v) is 6.99. The van der Waals surface area contributed by atoms with Crippen LogP contribution in [-0.4, -0.2) is 22.5 Å². The molecule has 0 bridgehead atoms. The summed E-state index contributed by atoms with van der Waals surface area (Å²) in [5.41, 5.74) is 5.90. The van der Waals surface area contributed by atoms with Gasteiger partial charge in [-0.15, -0.1) is 0 Å². The zero-order valence-electron chi connectivity index (χ0n) is 14.8. The van der Waals surface area contributed by atoms with E-state index in [9.17, 15) is 9.59 Å². The number of hydrogen-bond donors (Lipinski definition) is 2. The molecule has 6 nitrogen and oxygen atoms in total. The third-order valence-electron chi connectivity index (χ3n) is 4.06. The lowest BCUT2D eigenvalue weighted by Crippen LogP contribution is -2.47. The fourth-order valence-corrected chi connectivity index (χ4v) is 3.03. The highest BCUT2D eigenvalue weighted by Crippen LogP contribution is 2.19. The van der Waals surface area contributed by atoms with Gasteiger partial charge in [0.2, 0.25) is 5.91 Å². The third-order valence-corrected chi connectivity index (χ3v) is 4.56. The minimum Gasteiger partial charge on any atom is -0.481 e. The van der Waals surface area contributed by atoms with Gasteiger partial charge in [0.05, 0.1) is 0 Å². The van der Waals surface area contributed by atoms with Crippen molar-refractivity contribution in [2.75, 3.05) is 0 Å². The van der Waals surface area contributed by atoms with Crippen molar-refractivity contribution in [3.63, 3.8) is 0 Å². The number of nitrogens with one attached hydrogen (secondary N) is 2. The van der Waals surface area contributed by atoms with E-state index >= 15 is 0 Å². The van der Waals surface area contributed by atoms with Gasteiger partial charge in [-0.3, -0.25) is 20.4 Å². The first-order valence-corrected chi connectivity index (χ1v) is 9.37. The molecule has 0 fully saturated rings. The molecule has 0 radical (unpaired) electrons. The smallest absolute Gasteiger partial charge is 0.279 e. The van der Waals surface area contributed by atoms with Gasteiger partial charge < -0.3 is 9.30 Å². The highest BCUT2D eigenvalue weighted by molar-refractivity contribution is 9.10. The molecule has 1 heterocycles. The van der Waals surface area contributed by atoms with Gasteiger partial charge >= 0.3 is 0 Å². The number of benzene rings is 2. The molecule has 0 aliphatic carbocycles. The molecule has 0 aliphatic rings. The molecule has 0 saturated heterocycles. The molecule has 0 aliphatic heterocycles. The average Bonchev–Trinajstić information content (AvgIpc) is 3.07. The maximum Gasteiger partial charge on any atom is 0.279 e. The summed E-state index contributed by atoms with van der Waals surface area (Å²) in [5.74, 6) is -0.122. The van der Waals surface area contributed by atoms with Crippen LogP contribution in [0.1, 0.15) is 13.3 Å². The quantitative estimate of drug-likeness (QED) is 0.589. The third kappa shape index (κ3) is 5.10. The number of hydrogen-bond acceptors (Lipinski definition) is 3. The second-order valence-electron chi connectivity index (χ2n) is 6.07. The molecular formula is C20H20BrN3O3. The number of rotatable bonds is 6. The number of para-hydroxylation sites is 1. The van der Waals surface area contributed by atoms with Crippen LogP contribution in [0.5, 0.6) is 5.75 Å². The minimum atomic E-state index is -0.743. The predicted molar refractivity (Wildman–Crippen MR) is 107 cm³/mol. The number of hydrazine groups is 1. The molecule has 7 heteroatoms. The number of fused-ring (bicyclic) bond motifs is 1. The van der Waals surface area contributed by atoms with Crippen LogP contribution in [0.15, 0.2) is 65.3 Å². The lowest BCUT2D eigenvalue weighted by Gasteiger charge is -2.15. The SMILES string of the molecule is CC(Oc1cccc(Br)c1)C(=O)NNC(=O)CCn1ccc2ccccc21. The van der Waals surface area contributed by atoms with Gasteiger partial charge in [-0.1, -0.05) is 40.2 Å². The van der Waals surface area contributed by atoms with Gasteiger partial charge in [-0.05, 0) is 42.6 Å². The fourth-order valence-electron chi connectivity index (χ4n) is 2.65. The van der Waals surface area contributed by atoms with E-state index < -0.39 is 12.0 Å². The predicted octanol–water partition coefficient (Wildman–Crippen LogP) is 3.41. The van der Waals surface area contributed by atoms with Crippen molar-refractivity contribution in [1.29, 1.82) is 0 Å². The first-order valence-electron chi connectivity index (χ1n) is 8.58. The number of ether oxygens (including phenoxy) is 1. The monoisotopic (exact) mass is 429 g/mol. The Morgan fingerprint density at radius 2 is 1.93 bits per heavy atom. The fraction of sp³-hybridized carbons (Fsp3) is 0.200. The molecule has 3 rings (SSSR count). The van der Waals surface area contributed by atoms with Crippen molar-refractivity contribution >= 4 is 38.6 Å². The van der Waals surface area contributed by atoms with Crippen molar-refractivity contribution in [3.05, 3.63) is 65.3 Å². The van der Waals surface area contributed by atoms with Crippen molar-refractivity contribution in [3.8, 4) is 5.75 Å². The Morgan fingerprint density at radius 1 is 1.11 bits per heavy atom. The molecule has 1 unspecified atom stereocenters. The molecule has 2 N–H and O–H groups in total. The Labute approximate surface area is 165 Å². The Hall–Kier alpha value is -2.80. The Bertz CT molecular complexity index is 954. The van der Waals surface area contributed by atoms with Gasteiger partial charge in [0.1, 0.15) is 5.75 Å². The van der Waals surface area contributed by atoms with Crippen molar-refractivity contribution in [2.24, 2.45) is 0 Å². The maximum atomic E-state index is 12.1. The lowest BCUT2D eigenvalue weighted by molar-refractivity contribution is -0.132. The highest BCUT2D eigenvalue weighted by Gasteiger charge is 2.15. The molecule has 2 amide bonds. The zero-order chi connectivity index (χ0) is 19.2. The lowest BCUT2D eigenvalue weighted by atomic mass is 10.2. The van der Waals surface area contributed by atoms with E-state index in [0.29, 0.717) is 12.3 Å². The van der Waals surface area contributed by atoms with E-state index in [2.05, 4.69) is 26.8 Å². The van der Waals surface area contributed by atoms with Gasteiger partial charge in [0, 0.05) is 29.2 Å². The van der Waals surface area contributed by atoms with Crippen molar-refractivity contribution < 1.29 is 14.3 Å². The summed E-state index contributed by atoms with van der Waals surface area (Å²) in [6, 6.07) is 17.2. The molecule has 0 saturated carbocycles. The standard InChI is InChI=1S/C20H20BrN3O3/c1-14(27-17-7-4-6-16(21)13-17)20(26)23-22-19(25)10-12-24-11-9-15-5-2-3-8-18(15)24/h2-9,11,13-14H,10,12H2,1H3,(H,22,25)(H,23,26). The summed E-state index contributed by atoms with van der Waals surface area (Å²) in [5, 5.41) is 1.13. The first-order chi connectivity index (χ1) is 13.0. The topological polar surface area (TPSA) is 72.4 Å². The average molecular weight is 430 g/mol. The summed E-state index contributed by atoms with van der Waals surface area (Å²) in [4.78, 5) is 24.1. The number of carbonyl (C=O) groups is 2. The molecular weight excluding hydrogens is 410 g/mol. The number of halogens is 1. The first kappa shape index (κ1) is 19.0. The van der Waals surface area contributed by atoms with Crippen LogP contribution in [-0.2, 0) is 16.1 Å². The molecule has 0 spiro atoms. The van der Waals surface area contributed by atoms with Crippen LogP contribution in [0, 0.1) is 0 Å². The van der Waals surface area contributed by atoms with E-state index in [0.717, 1.165) is 15.4 Å². The van der Waals surface area contributed by atoms with Crippen molar-refractivity contribution in [1.82, 2.24) is 15.4 Å². The molecule has 1 atom stereocenters. The number of amides is 2. The largest absolute Gasteiger partial charge is 0.481 e. The van der Waals surface area contributed by atoms with Crippen LogP contribution in [0.3, 0.4) is 0 Å². The summed E-state index contributed by atoms with van der Waals surface area (Å²) >= 11 is 3.35. The molecule has 3 aromatic rings. The van der Waals surface area contributed by atoms with Crippen LogP contribution < -0.4 is 15.6 Å². The summed E-state index contributed by atoms with van der Waals surface area (Å²) in [6.45, 7) is 2.15. The molecule has 140 valence electrons. The van der Waals surface area contributed by atoms with Gasteiger partial charge in [0.15, 0.2) is 6.10 Å². The Kier molecular flexibility index (Phi) is 6.13. The van der Waals surface area contributed by atoms with Gasteiger partial charge in [0.25, 0.3) is 5.91 Å². The Balaban J connectivity index is 1.45. The zero-order valence-corrected chi connectivity index (χ0v) is 16.4. The summed E-state index contributed by atoms with van der Waals surface area (Å²) in [7, 11) is 0. The van der Waals surface area contributed by atoms with Crippen LogP contribution in [0.2, 0.25) is 0 Å². The summed E-state index contributed by atoms with van der Waals surface area (Å²) < 4.78 is 8.43. The Morgan fingerprint density at radius 3 is 2.74 bits per heavy atom. The van der Waals surface area contributed by atoms with E-state index in [1.165, 1.54) is 0 Å². The maximum absolute atomic E-state index is 12.1. The van der Waals surface area contributed by atoms with Gasteiger partial charge in [-0.25, -0.2) is 0 Å². The normalized spacial score (nSPS) is 11.8. The number of carbonyl (C=O) groups excluding carboxylic acids is 2. The number of aromatic nitrogens is 1. The molecule has 1 aromatic heterocycles. The van der Waals surface area contributed by atoms with Crippen LogP contribution >= 0.6 is 15.9 Å². The van der Waals surface area contributed by atoms with Crippen LogP contribution in [0.25, 0.3) is 10.9 Å². The number of aryl methyl sites for hydroxylation is 1. The summed E-state index contributed by atoms with van der Waals surface area (Å²) in [6.07, 6.45) is 1.46. The van der Waals surface area contributed by atoms with Gasteiger partial charge in [-0.2, -0.15) is 0 Å². The second kappa shape index (κ2) is 8.73. The van der Waals surface area contributed by atoms with Crippen LogP contribution in [0.4, 0.5) is 0 Å². The molecule has 27 heavy (non-hydrogen) atoms. The van der Waals surface area contributed by atoms with E-state index in [-0.39, 0.29) is 12.3 Å². The highest BCUT2D eigenvalue weighted by atomic mass is 79.9. The molecule has 2 aromatic carbocycles.